The zero-order valence-corrected chi connectivity index (χ0v) is 10.8. The molecule has 18 heavy (non-hydrogen) atoms. The lowest BCUT2D eigenvalue weighted by molar-refractivity contribution is -0.384. The van der Waals surface area contributed by atoms with Crippen LogP contribution in [0, 0.1) is 10.1 Å². The number of nitrogens with one attached hydrogen (secondary N) is 1. The summed E-state index contributed by atoms with van der Waals surface area (Å²) in [6, 6.07) is 4.27. The van der Waals surface area contributed by atoms with Crippen LogP contribution in [0.3, 0.4) is 0 Å². The first-order chi connectivity index (χ1) is 8.47. The molecule has 1 aromatic carbocycles. The van der Waals surface area contributed by atoms with Crippen molar-refractivity contribution in [3.8, 4) is 0 Å². The quantitative estimate of drug-likeness (QED) is 0.642. The Balaban J connectivity index is 3.17. The topological polar surface area (TPSA) is 75.5 Å². The first kappa shape index (κ1) is 14.0. The predicted octanol–water partition coefficient (Wildman–Crippen LogP) is 2.12. The monoisotopic (exact) mass is 251 g/mol. The van der Waals surface area contributed by atoms with E-state index in [2.05, 4.69) is 5.32 Å². The van der Waals surface area contributed by atoms with E-state index in [1.807, 2.05) is 6.92 Å². The molecule has 1 aromatic rings. The summed E-state index contributed by atoms with van der Waals surface area (Å²) in [5, 5.41) is 13.8. The molecule has 6 heteroatoms. The summed E-state index contributed by atoms with van der Waals surface area (Å²) in [7, 11) is 3.23. The molecule has 0 spiro atoms. The van der Waals surface area contributed by atoms with Gasteiger partial charge in [-0.1, -0.05) is 6.92 Å². The minimum Gasteiger partial charge on any atom is -0.384 e. The first-order valence-corrected chi connectivity index (χ1v) is 5.71. The summed E-state index contributed by atoms with van der Waals surface area (Å²) in [4.78, 5) is 23.6. The Labute approximate surface area is 106 Å². The van der Waals surface area contributed by atoms with Crippen LogP contribution >= 0.6 is 0 Å². The van der Waals surface area contributed by atoms with Gasteiger partial charge in [0.1, 0.15) is 0 Å². The van der Waals surface area contributed by atoms with Crippen molar-refractivity contribution in [1.29, 1.82) is 0 Å². The molecule has 0 radical (unpaired) electrons. The highest BCUT2D eigenvalue weighted by Gasteiger charge is 2.17. The van der Waals surface area contributed by atoms with Gasteiger partial charge in [0.15, 0.2) is 0 Å². The molecule has 0 saturated carbocycles. The van der Waals surface area contributed by atoms with Crippen molar-refractivity contribution in [3.05, 3.63) is 33.9 Å². The molecule has 1 N–H and O–H groups in total. The Morgan fingerprint density at radius 2 is 2.11 bits per heavy atom. The third-order valence-corrected chi connectivity index (χ3v) is 2.42. The van der Waals surface area contributed by atoms with E-state index in [1.54, 1.807) is 20.2 Å². The zero-order valence-electron chi connectivity index (χ0n) is 10.8. The molecule has 6 nitrogen and oxygen atoms in total. The average Bonchev–Trinajstić information content (AvgIpc) is 2.34. The van der Waals surface area contributed by atoms with Gasteiger partial charge < -0.3 is 10.2 Å². The Hall–Kier alpha value is -2.11. The van der Waals surface area contributed by atoms with Crippen LogP contribution in [0.1, 0.15) is 23.7 Å². The normalized spacial score (nSPS) is 9.94. The molecular weight excluding hydrogens is 234 g/mol. The number of hydrogen-bond acceptors (Lipinski definition) is 4. The minimum absolute atomic E-state index is 0.0813. The fourth-order valence-electron chi connectivity index (χ4n) is 1.48. The summed E-state index contributed by atoms with van der Waals surface area (Å²) in [6.45, 7) is 2.72. The highest BCUT2D eigenvalue weighted by molar-refractivity contribution is 6.00. The van der Waals surface area contributed by atoms with Gasteiger partial charge in [0.05, 0.1) is 10.5 Å². The first-order valence-electron chi connectivity index (χ1n) is 5.71. The molecule has 0 aromatic heterocycles. The Bertz CT molecular complexity index is 458. The van der Waals surface area contributed by atoms with Gasteiger partial charge in [-0.2, -0.15) is 0 Å². The van der Waals surface area contributed by atoms with Crippen molar-refractivity contribution >= 4 is 17.3 Å². The lowest BCUT2D eigenvalue weighted by atomic mass is 10.1. The molecule has 0 bridgehead atoms. The van der Waals surface area contributed by atoms with Crippen molar-refractivity contribution in [3.63, 3.8) is 0 Å². The zero-order chi connectivity index (χ0) is 13.7. The maximum atomic E-state index is 12.0. The fraction of sp³-hybridized carbons (Fsp3) is 0.417. The standard InChI is InChI=1S/C12H17N3O3/c1-4-7-13-11-6-5-9(15(17)18)8-10(11)12(16)14(2)3/h5-6,8,13H,4,7H2,1-3H3. The van der Waals surface area contributed by atoms with E-state index < -0.39 is 4.92 Å². The molecule has 98 valence electrons. The van der Waals surface area contributed by atoms with Crippen LogP contribution in [0.2, 0.25) is 0 Å². The van der Waals surface area contributed by atoms with E-state index >= 15 is 0 Å². The van der Waals surface area contributed by atoms with Crippen LogP contribution in [0.15, 0.2) is 18.2 Å². The number of benzene rings is 1. The molecule has 0 saturated heterocycles. The van der Waals surface area contributed by atoms with E-state index in [4.69, 9.17) is 0 Å². The number of non-ortho nitro benzene ring substituents is 1. The van der Waals surface area contributed by atoms with E-state index in [-0.39, 0.29) is 11.6 Å². The number of carbonyl (C=O) groups excluding carboxylic acids is 1. The molecule has 0 aliphatic heterocycles. The maximum Gasteiger partial charge on any atom is 0.270 e. The highest BCUT2D eigenvalue weighted by Crippen LogP contribution is 2.23. The van der Waals surface area contributed by atoms with Crippen LogP contribution in [0.4, 0.5) is 11.4 Å². The lowest BCUT2D eigenvalue weighted by Gasteiger charge is -2.14. The van der Waals surface area contributed by atoms with Gasteiger partial charge in [0, 0.05) is 38.5 Å². The third kappa shape index (κ3) is 3.19. The molecule has 0 unspecified atom stereocenters. The van der Waals surface area contributed by atoms with E-state index in [9.17, 15) is 14.9 Å². The molecule has 1 amide bonds. The summed E-state index contributed by atoms with van der Waals surface area (Å²) in [5.74, 6) is -0.252. The number of nitrogens with zero attached hydrogens (tertiary/aromatic N) is 2. The van der Waals surface area contributed by atoms with Crippen LogP contribution in [-0.2, 0) is 0 Å². The Morgan fingerprint density at radius 3 is 2.61 bits per heavy atom. The number of rotatable bonds is 5. The molecular formula is C12H17N3O3. The highest BCUT2D eigenvalue weighted by atomic mass is 16.6. The second kappa shape index (κ2) is 6.00. The van der Waals surface area contributed by atoms with Gasteiger partial charge in [-0.15, -0.1) is 0 Å². The smallest absolute Gasteiger partial charge is 0.270 e. The number of amides is 1. The SMILES string of the molecule is CCCNc1ccc([N+](=O)[O-])cc1C(=O)N(C)C. The Morgan fingerprint density at radius 1 is 1.44 bits per heavy atom. The third-order valence-electron chi connectivity index (χ3n) is 2.42. The molecule has 1 rings (SSSR count). The summed E-state index contributed by atoms with van der Waals surface area (Å²) in [5.41, 5.74) is 0.867. The van der Waals surface area contributed by atoms with E-state index in [1.165, 1.54) is 17.0 Å². The predicted molar refractivity (Wildman–Crippen MR) is 69.9 cm³/mol. The van der Waals surface area contributed by atoms with Crippen molar-refractivity contribution in [2.24, 2.45) is 0 Å². The number of anilines is 1. The van der Waals surface area contributed by atoms with Crippen molar-refractivity contribution in [2.45, 2.75) is 13.3 Å². The lowest BCUT2D eigenvalue weighted by Crippen LogP contribution is -2.23. The number of nitro benzene ring substituents is 1. The molecule has 0 heterocycles. The van der Waals surface area contributed by atoms with Crippen LogP contribution in [0.5, 0.6) is 0 Å². The van der Waals surface area contributed by atoms with E-state index in [0.717, 1.165) is 6.42 Å². The fourth-order valence-corrected chi connectivity index (χ4v) is 1.48. The van der Waals surface area contributed by atoms with E-state index in [0.29, 0.717) is 17.8 Å². The van der Waals surface area contributed by atoms with Gasteiger partial charge in [0.25, 0.3) is 11.6 Å². The van der Waals surface area contributed by atoms with Crippen molar-refractivity contribution < 1.29 is 9.72 Å². The van der Waals surface area contributed by atoms with Gasteiger partial charge >= 0.3 is 0 Å². The number of nitro groups is 1. The number of carbonyl (C=O) groups is 1. The van der Waals surface area contributed by atoms with Gasteiger partial charge in [-0.05, 0) is 12.5 Å². The maximum absolute atomic E-state index is 12.0. The Kier molecular flexibility index (Phi) is 4.65. The number of hydrogen-bond donors (Lipinski definition) is 1. The van der Waals surface area contributed by atoms with Gasteiger partial charge in [0.2, 0.25) is 0 Å². The van der Waals surface area contributed by atoms with Crippen LogP contribution in [-0.4, -0.2) is 36.4 Å². The molecule has 0 atom stereocenters. The van der Waals surface area contributed by atoms with Crippen molar-refractivity contribution in [2.75, 3.05) is 26.0 Å². The van der Waals surface area contributed by atoms with Crippen molar-refractivity contribution in [1.82, 2.24) is 4.90 Å². The van der Waals surface area contributed by atoms with Crippen LogP contribution < -0.4 is 5.32 Å². The second-order valence-corrected chi connectivity index (χ2v) is 4.11. The largest absolute Gasteiger partial charge is 0.384 e. The minimum atomic E-state index is -0.504. The summed E-state index contributed by atoms with van der Waals surface area (Å²) in [6.07, 6.45) is 0.909. The van der Waals surface area contributed by atoms with Gasteiger partial charge in [-0.3, -0.25) is 14.9 Å². The molecule has 0 fully saturated rings. The average molecular weight is 251 g/mol. The van der Waals surface area contributed by atoms with Crippen LogP contribution in [0.25, 0.3) is 0 Å². The van der Waals surface area contributed by atoms with Gasteiger partial charge in [-0.25, -0.2) is 0 Å². The summed E-state index contributed by atoms with van der Waals surface area (Å²) < 4.78 is 0. The molecule has 0 aliphatic rings. The molecule has 0 aliphatic carbocycles. The summed E-state index contributed by atoms with van der Waals surface area (Å²) >= 11 is 0. The second-order valence-electron chi connectivity index (χ2n) is 4.11.